The molecule has 0 spiro atoms. The minimum absolute atomic E-state index is 0.193. The Morgan fingerprint density at radius 3 is 2.59 bits per heavy atom. The van der Waals surface area contributed by atoms with Crippen LogP contribution in [0.1, 0.15) is 31.4 Å². The molecule has 1 aromatic carbocycles. The number of nitrogens with one attached hydrogen (secondary N) is 1. The summed E-state index contributed by atoms with van der Waals surface area (Å²) in [7, 11) is 0. The lowest BCUT2D eigenvalue weighted by Crippen LogP contribution is -2.33. The average molecular weight is 234 g/mol. The summed E-state index contributed by atoms with van der Waals surface area (Å²) >= 11 is 0. The molecular weight excluding hydrogens is 216 g/mol. The van der Waals surface area contributed by atoms with Gasteiger partial charge in [0.15, 0.2) is 11.5 Å². The van der Waals surface area contributed by atoms with Gasteiger partial charge in [-0.05, 0) is 36.0 Å². The smallest absolute Gasteiger partial charge is 0.161 e. The van der Waals surface area contributed by atoms with E-state index in [0.717, 1.165) is 11.5 Å². The normalized spacial score (nSPS) is 22.0. The number of hydrogen-bond donors (Lipinski definition) is 2. The maximum Gasteiger partial charge on any atom is 0.161 e. The first-order valence-corrected chi connectivity index (χ1v) is 6.09. The van der Waals surface area contributed by atoms with Crippen molar-refractivity contribution in [3.63, 3.8) is 0 Å². The van der Waals surface area contributed by atoms with E-state index in [1.54, 1.807) is 0 Å². The summed E-state index contributed by atoms with van der Waals surface area (Å²) in [6.45, 7) is 3.51. The fraction of sp³-hybridized carbons (Fsp3) is 0.538. The highest BCUT2D eigenvalue weighted by atomic mass is 16.6. The molecule has 0 radical (unpaired) electrons. The fourth-order valence-electron chi connectivity index (χ4n) is 2.43. The van der Waals surface area contributed by atoms with Crippen LogP contribution in [0.4, 0.5) is 0 Å². The maximum atomic E-state index is 5.68. The Balaban J connectivity index is 1.92. The average Bonchev–Trinajstić information content (AvgIpc) is 3.09. The molecule has 4 nitrogen and oxygen atoms in total. The summed E-state index contributed by atoms with van der Waals surface area (Å²) in [5.74, 6) is 7.35. The molecule has 1 atom stereocenters. The van der Waals surface area contributed by atoms with E-state index >= 15 is 0 Å². The number of nitrogens with two attached hydrogens (primary N) is 1. The van der Waals surface area contributed by atoms with Gasteiger partial charge in [0.2, 0.25) is 0 Å². The third-order valence-corrected chi connectivity index (χ3v) is 3.80. The molecule has 3 rings (SSSR count). The van der Waals surface area contributed by atoms with Gasteiger partial charge in [0.1, 0.15) is 13.2 Å². The van der Waals surface area contributed by atoms with Gasteiger partial charge in [-0.2, -0.15) is 0 Å². The van der Waals surface area contributed by atoms with Crippen molar-refractivity contribution in [3.05, 3.63) is 23.8 Å². The molecular formula is C13H18N2O2. The number of rotatable bonds is 3. The molecule has 17 heavy (non-hydrogen) atoms. The van der Waals surface area contributed by atoms with Crippen molar-refractivity contribution in [2.24, 2.45) is 11.3 Å². The molecule has 1 unspecified atom stereocenters. The van der Waals surface area contributed by atoms with Crippen molar-refractivity contribution < 1.29 is 9.47 Å². The Morgan fingerprint density at radius 2 is 1.94 bits per heavy atom. The molecule has 4 heteroatoms. The topological polar surface area (TPSA) is 56.5 Å². The summed E-state index contributed by atoms with van der Waals surface area (Å²) in [5, 5.41) is 0. The first-order chi connectivity index (χ1) is 8.23. The molecule has 0 aromatic heterocycles. The van der Waals surface area contributed by atoms with Crippen LogP contribution < -0.4 is 20.7 Å². The van der Waals surface area contributed by atoms with Gasteiger partial charge in [-0.1, -0.05) is 13.0 Å². The second-order valence-corrected chi connectivity index (χ2v) is 5.16. The van der Waals surface area contributed by atoms with Gasteiger partial charge in [0.05, 0.1) is 6.04 Å². The molecule has 2 aliphatic rings. The quantitative estimate of drug-likeness (QED) is 0.618. The van der Waals surface area contributed by atoms with Gasteiger partial charge in [-0.3, -0.25) is 11.3 Å². The molecule has 0 saturated heterocycles. The zero-order chi connectivity index (χ0) is 11.9. The van der Waals surface area contributed by atoms with E-state index in [1.165, 1.54) is 18.4 Å². The zero-order valence-electron chi connectivity index (χ0n) is 10.0. The van der Waals surface area contributed by atoms with Gasteiger partial charge < -0.3 is 9.47 Å². The van der Waals surface area contributed by atoms with E-state index < -0.39 is 0 Å². The van der Waals surface area contributed by atoms with Crippen molar-refractivity contribution in [1.82, 2.24) is 5.43 Å². The molecule has 1 heterocycles. The highest BCUT2D eigenvalue weighted by Crippen LogP contribution is 2.54. The van der Waals surface area contributed by atoms with Crippen molar-refractivity contribution >= 4 is 0 Å². The van der Waals surface area contributed by atoms with Crippen LogP contribution >= 0.6 is 0 Å². The molecule has 1 saturated carbocycles. The summed E-state index contributed by atoms with van der Waals surface area (Å²) in [5.41, 5.74) is 4.40. The molecule has 0 bridgehead atoms. The van der Waals surface area contributed by atoms with Crippen LogP contribution in [0.5, 0.6) is 11.5 Å². The Bertz CT molecular complexity index is 429. The van der Waals surface area contributed by atoms with Gasteiger partial charge in [-0.15, -0.1) is 0 Å². The van der Waals surface area contributed by atoms with Crippen molar-refractivity contribution in [2.75, 3.05) is 13.2 Å². The molecule has 3 N–H and O–H groups in total. The van der Waals surface area contributed by atoms with Crippen LogP contribution in [0.2, 0.25) is 0 Å². The lowest BCUT2D eigenvalue weighted by Gasteiger charge is -2.25. The van der Waals surface area contributed by atoms with E-state index in [9.17, 15) is 0 Å². The number of hydrazine groups is 1. The number of ether oxygens (including phenoxy) is 2. The second-order valence-electron chi connectivity index (χ2n) is 5.16. The van der Waals surface area contributed by atoms with E-state index in [-0.39, 0.29) is 6.04 Å². The summed E-state index contributed by atoms with van der Waals surface area (Å²) < 4.78 is 11.1. The van der Waals surface area contributed by atoms with Gasteiger partial charge >= 0.3 is 0 Å². The molecule has 1 aliphatic heterocycles. The van der Waals surface area contributed by atoms with Crippen molar-refractivity contribution in [2.45, 2.75) is 25.8 Å². The van der Waals surface area contributed by atoms with Crippen LogP contribution in [-0.4, -0.2) is 13.2 Å². The van der Waals surface area contributed by atoms with Gasteiger partial charge in [-0.25, -0.2) is 0 Å². The lowest BCUT2D eigenvalue weighted by atomic mass is 9.92. The van der Waals surface area contributed by atoms with Gasteiger partial charge in [0, 0.05) is 0 Å². The summed E-state index contributed by atoms with van der Waals surface area (Å²) in [4.78, 5) is 0. The highest BCUT2D eigenvalue weighted by molar-refractivity contribution is 5.45. The van der Waals surface area contributed by atoms with Crippen LogP contribution in [0.25, 0.3) is 0 Å². The van der Waals surface area contributed by atoms with Crippen molar-refractivity contribution in [1.29, 1.82) is 0 Å². The zero-order valence-corrected chi connectivity index (χ0v) is 10.0. The van der Waals surface area contributed by atoms with Gasteiger partial charge in [0.25, 0.3) is 0 Å². The largest absolute Gasteiger partial charge is 0.486 e. The lowest BCUT2D eigenvalue weighted by molar-refractivity contribution is 0.171. The Labute approximate surface area is 101 Å². The fourth-order valence-corrected chi connectivity index (χ4v) is 2.43. The third kappa shape index (κ3) is 1.87. The van der Waals surface area contributed by atoms with Crippen LogP contribution in [0, 0.1) is 5.41 Å². The third-order valence-electron chi connectivity index (χ3n) is 3.80. The maximum absolute atomic E-state index is 5.68. The van der Waals surface area contributed by atoms with Crippen LogP contribution in [-0.2, 0) is 0 Å². The van der Waals surface area contributed by atoms with Crippen molar-refractivity contribution in [3.8, 4) is 11.5 Å². The van der Waals surface area contributed by atoms with E-state index in [4.69, 9.17) is 15.3 Å². The standard InChI is InChI=1S/C13H18N2O2/c1-13(4-5-13)12(15-14)9-2-3-10-11(8-9)17-7-6-16-10/h2-3,8,12,15H,4-7,14H2,1H3. The summed E-state index contributed by atoms with van der Waals surface area (Å²) in [6.07, 6.45) is 2.44. The van der Waals surface area contributed by atoms with E-state index in [0.29, 0.717) is 18.6 Å². The Hall–Kier alpha value is -1.26. The summed E-state index contributed by atoms with van der Waals surface area (Å²) in [6, 6.07) is 6.28. The predicted octanol–water partition coefficient (Wildman–Crippen LogP) is 1.76. The molecule has 1 aliphatic carbocycles. The molecule has 1 fully saturated rings. The molecule has 92 valence electrons. The number of benzene rings is 1. The second kappa shape index (κ2) is 3.89. The van der Waals surface area contributed by atoms with E-state index in [2.05, 4.69) is 18.4 Å². The Morgan fingerprint density at radius 1 is 1.24 bits per heavy atom. The first kappa shape index (κ1) is 10.9. The highest BCUT2D eigenvalue weighted by Gasteiger charge is 2.45. The minimum Gasteiger partial charge on any atom is -0.486 e. The van der Waals surface area contributed by atoms with E-state index in [1.807, 2.05) is 12.1 Å². The predicted molar refractivity (Wildman–Crippen MR) is 64.8 cm³/mol. The molecule has 1 aromatic rings. The molecule has 0 amide bonds. The van der Waals surface area contributed by atoms with Crippen LogP contribution in [0.15, 0.2) is 18.2 Å². The Kier molecular flexibility index (Phi) is 2.49. The number of hydrogen-bond acceptors (Lipinski definition) is 4. The number of fused-ring (bicyclic) bond motifs is 1. The minimum atomic E-state index is 0.193. The first-order valence-electron chi connectivity index (χ1n) is 6.09. The monoisotopic (exact) mass is 234 g/mol. The SMILES string of the molecule is CC1(C(NN)c2ccc3c(c2)OCCO3)CC1. The van der Waals surface area contributed by atoms with Crippen LogP contribution in [0.3, 0.4) is 0 Å².